The van der Waals surface area contributed by atoms with Crippen LogP contribution >= 0.6 is 0 Å². The standard InChI is InChI=1S/C9H8N2O2/c1-10-11-8(12)6-4-2-3-5-7(6)9(11)13/h2-5,10H,1H3/i1D3. The van der Waals surface area contributed by atoms with E-state index in [4.69, 9.17) is 4.11 Å². The molecule has 2 rings (SSSR count). The molecule has 0 radical (unpaired) electrons. The van der Waals surface area contributed by atoms with Crippen LogP contribution in [0.4, 0.5) is 0 Å². The first-order valence-electron chi connectivity index (χ1n) is 5.16. The Kier molecular flexibility index (Phi) is 1.06. The lowest BCUT2D eigenvalue weighted by molar-refractivity contribution is 0.0586. The van der Waals surface area contributed by atoms with Crippen molar-refractivity contribution < 1.29 is 13.7 Å². The Hall–Kier alpha value is -1.68. The van der Waals surface area contributed by atoms with Crippen molar-refractivity contribution in [2.75, 3.05) is 6.98 Å². The predicted molar refractivity (Wildman–Crippen MR) is 46.0 cm³/mol. The first kappa shape index (κ1) is 5.14. The van der Waals surface area contributed by atoms with E-state index in [9.17, 15) is 9.59 Å². The minimum Gasteiger partial charge on any atom is -0.267 e. The first-order chi connectivity index (χ1) is 7.40. The van der Waals surface area contributed by atoms with Gasteiger partial charge in [-0.15, -0.1) is 0 Å². The van der Waals surface area contributed by atoms with Crippen LogP contribution in [0.3, 0.4) is 0 Å². The van der Waals surface area contributed by atoms with Gasteiger partial charge in [-0.25, -0.2) is 10.4 Å². The molecular weight excluding hydrogens is 168 g/mol. The zero-order valence-corrected chi connectivity index (χ0v) is 6.57. The van der Waals surface area contributed by atoms with Gasteiger partial charge in [-0.3, -0.25) is 9.59 Å². The lowest BCUT2D eigenvalue weighted by Gasteiger charge is -2.09. The number of amides is 2. The van der Waals surface area contributed by atoms with Crippen LogP contribution in [0.2, 0.25) is 0 Å². The zero-order valence-electron chi connectivity index (χ0n) is 9.57. The van der Waals surface area contributed by atoms with Gasteiger partial charge in [-0.1, -0.05) is 12.1 Å². The van der Waals surface area contributed by atoms with Crippen molar-refractivity contribution in [3.8, 4) is 0 Å². The highest BCUT2D eigenvalue weighted by Gasteiger charge is 2.34. The van der Waals surface area contributed by atoms with E-state index in [-0.39, 0.29) is 11.1 Å². The van der Waals surface area contributed by atoms with Gasteiger partial charge in [0.2, 0.25) is 0 Å². The zero-order chi connectivity index (χ0) is 11.9. The summed E-state index contributed by atoms with van der Waals surface area (Å²) in [6.07, 6.45) is 0. The number of hydrogen-bond donors (Lipinski definition) is 1. The molecule has 0 fully saturated rings. The molecule has 1 aliphatic heterocycles. The Morgan fingerprint density at radius 1 is 1.23 bits per heavy atom. The molecular formula is C9H8N2O2. The number of nitrogens with one attached hydrogen (secondary N) is 1. The summed E-state index contributed by atoms with van der Waals surface area (Å²) in [4.78, 5) is 23.4. The maximum absolute atomic E-state index is 11.7. The Labute approximate surface area is 79.3 Å². The van der Waals surface area contributed by atoms with E-state index in [2.05, 4.69) is 0 Å². The number of nitrogens with zero attached hydrogens (tertiary/aromatic N) is 1. The average molecular weight is 179 g/mol. The number of hydrogen-bond acceptors (Lipinski definition) is 3. The second kappa shape index (κ2) is 2.67. The van der Waals surface area contributed by atoms with Gasteiger partial charge in [-0.2, -0.15) is 0 Å². The second-order valence-electron chi connectivity index (χ2n) is 2.60. The van der Waals surface area contributed by atoms with E-state index in [1.165, 1.54) is 12.1 Å². The molecule has 0 spiro atoms. The van der Waals surface area contributed by atoms with Crippen molar-refractivity contribution in [2.45, 2.75) is 0 Å². The SMILES string of the molecule is [2H]C([2H])([2H])NN1C(=O)c2ccccc2C1=O. The molecule has 4 nitrogen and oxygen atoms in total. The highest BCUT2D eigenvalue weighted by atomic mass is 16.2. The van der Waals surface area contributed by atoms with E-state index in [0.717, 1.165) is 0 Å². The van der Waals surface area contributed by atoms with Gasteiger partial charge in [0.05, 0.1) is 11.1 Å². The molecule has 0 saturated carbocycles. The van der Waals surface area contributed by atoms with Crippen molar-refractivity contribution >= 4 is 11.8 Å². The quantitative estimate of drug-likeness (QED) is 0.635. The van der Waals surface area contributed by atoms with Gasteiger partial charge < -0.3 is 0 Å². The van der Waals surface area contributed by atoms with Gasteiger partial charge in [0.25, 0.3) is 11.8 Å². The fraction of sp³-hybridized carbons (Fsp3) is 0.111. The van der Waals surface area contributed by atoms with Crippen LogP contribution in [0.1, 0.15) is 24.8 Å². The third-order valence-corrected chi connectivity index (χ3v) is 1.91. The third kappa shape index (κ3) is 0.957. The number of carbonyl (C=O) groups excluding carboxylic acids is 2. The molecule has 66 valence electrons. The van der Waals surface area contributed by atoms with Gasteiger partial charge in [0, 0.05) is 11.1 Å². The number of carbonyl (C=O) groups is 2. The number of benzene rings is 1. The highest BCUT2D eigenvalue weighted by Crippen LogP contribution is 2.19. The van der Waals surface area contributed by atoms with Crippen molar-refractivity contribution in [2.24, 2.45) is 0 Å². The van der Waals surface area contributed by atoms with E-state index >= 15 is 0 Å². The molecule has 1 aromatic rings. The van der Waals surface area contributed by atoms with Gasteiger partial charge in [0.1, 0.15) is 0 Å². The molecule has 1 heterocycles. The van der Waals surface area contributed by atoms with Crippen LogP contribution in [0.25, 0.3) is 0 Å². The summed E-state index contributed by atoms with van der Waals surface area (Å²) >= 11 is 0. The van der Waals surface area contributed by atoms with Crippen LogP contribution in [-0.2, 0) is 0 Å². The Morgan fingerprint density at radius 2 is 1.77 bits per heavy atom. The van der Waals surface area contributed by atoms with Crippen molar-refractivity contribution in [3.63, 3.8) is 0 Å². The molecule has 0 unspecified atom stereocenters. The molecule has 1 aromatic carbocycles. The molecule has 1 aliphatic rings. The minimum atomic E-state index is -2.58. The molecule has 0 saturated heterocycles. The fourth-order valence-electron chi connectivity index (χ4n) is 1.29. The summed E-state index contributed by atoms with van der Waals surface area (Å²) in [6, 6.07) is 6.19. The van der Waals surface area contributed by atoms with Crippen LogP contribution in [0.5, 0.6) is 0 Å². The predicted octanol–water partition coefficient (Wildman–Crippen LogP) is 0.417. The Balaban J connectivity index is 2.36. The summed E-state index contributed by atoms with van der Waals surface area (Å²) in [5.74, 6) is -1.28. The summed E-state index contributed by atoms with van der Waals surface area (Å²) in [5.41, 5.74) is 2.32. The van der Waals surface area contributed by atoms with Gasteiger partial charge in [-0.05, 0) is 12.1 Å². The molecule has 4 heteroatoms. The topological polar surface area (TPSA) is 49.4 Å². The lowest BCUT2D eigenvalue weighted by Crippen LogP contribution is -2.39. The number of fused-ring (bicyclic) bond motifs is 1. The second-order valence-corrected chi connectivity index (χ2v) is 2.60. The molecule has 0 bridgehead atoms. The fourth-order valence-corrected chi connectivity index (χ4v) is 1.29. The van der Waals surface area contributed by atoms with E-state index < -0.39 is 18.8 Å². The smallest absolute Gasteiger partial charge is 0.267 e. The summed E-state index contributed by atoms with van der Waals surface area (Å²) in [5, 5.41) is 0.525. The van der Waals surface area contributed by atoms with E-state index in [1.807, 2.05) is 5.43 Å². The van der Waals surface area contributed by atoms with Crippen molar-refractivity contribution in [1.29, 1.82) is 0 Å². The highest BCUT2D eigenvalue weighted by molar-refractivity contribution is 6.20. The third-order valence-electron chi connectivity index (χ3n) is 1.91. The lowest BCUT2D eigenvalue weighted by atomic mass is 10.1. The average Bonchev–Trinajstić information content (AvgIpc) is 2.43. The largest absolute Gasteiger partial charge is 0.276 e. The van der Waals surface area contributed by atoms with Gasteiger partial charge >= 0.3 is 0 Å². The molecule has 0 atom stereocenters. The Morgan fingerprint density at radius 3 is 2.23 bits per heavy atom. The van der Waals surface area contributed by atoms with Crippen molar-refractivity contribution in [3.05, 3.63) is 35.4 Å². The maximum Gasteiger partial charge on any atom is 0.276 e. The van der Waals surface area contributed by atoms with Crippen molar-refractivity contribution in [1.82, 2.24) is 10.4 Å². The normalized spacial score (nSPS) is 19.4. The summed E-state index contributed by atoms with van der Waals surface area (Å²) < 4.78 is 20.9. The summed E-state index contributed by atoms with van der Waals surface area (Å²) in [6.45, 7) is -2.58. The molecule has 2 amide bonds. The van der Waals surface area contributed by atoms with Crippen LogP contribution < -0.4 is 5.43 Å². The molecule has 0 aliphatic carbocycles. The van der Waals surface area contributed by atoms with E-state index in [0.29, 0.717) is 5.01 Å². The minimum absolute atomic E-state index is 0.212. The van der Waals surface area contributed by atoms with Crippen LogP contribution in [0, 0.1) is 0 Å². The number of imide groups is 1. The molecule has 1 N–H and O–H groups in total. The molecule has 13 heavy (non-hydrogen) atoms. The van der Waals surface area contributed by atoms with Crippen LogP contribution in [0.15, 0.2) is 24.3 Å². The monoisotopic (exact) mass is 179 g/mol. The van der Waals surface area contributed by atoms with Gasteiger partial charge in [0.15, 0.2) is 0 Å². The number of hydrazine groups is 1. The first-order valence-corrected chi connectivity index (χ1v) is 3.66. The Bertz CT molecular complexity index is 435. The summed E-state index contributed by atoms with van der Waals surface area (Å²) in [7, 11) is 0. The maximum atomic E-state index is 11.7. The number of rotatable bonds is 1. The molecule has 0 aromatic heterocycles. The van der Waals surface area contributed by atoms with Crippen LogP contribution in [-0.4, -0.2) is 23.8 Å². The van der Waals surface area contributed by atoms with E-state index in [1.54, 1.807) is 12.1 Å².